The van der Waals surface area contributed by atoms with Gasteiger partial charge in [-0.1, -0.05) is 159 Å². The van der Waals surface area contributed by atoms with Crippen LogP contribution in [0.5, 0.6) is 0 Å². The van der Waals surface area contributed by atoms with Gasteiger partial charge in [-0.15, -0.1) is 0 Å². The molecule has 0 N–H and O–H groups in total. The lowest BCUT2D eigenvalue weighted by Gasteiger charge is -2.28. The number of hydrogen-bond donors (Lipinski definition) is 0. The lowest BCUT2D eigenvalue weighted by Crippen LogP contribution is -2.16. The number of anilines is 3. The Hall–Kier alpha value is -6.64. The number of para-hydroxylation sites is 2. The van der Waals surface area contributed by atoms with Crippen molar-refractivity contribution < 1.29 is 4.42 Å². The molecule has 1 aliphatic carbocycles. The van der Waals surface area contributed by atoms with E-state index in [2.05, 4.69) is 195 Å². The molecule has 0 aliphatic heterocycles. The SMILES string of the molecule is CC1(C)c2cc(N(c3ccc(-c4ccccc4)cc3)c3ccc(-c4cccc5c4oc4ccccc45)cc3)ccc2-c2c(-c3ccccc3)cccc21. The Balaban J connectivity index is 1.10. The van der Waals surface area contributed by atoms with Crippen molar-refractivity contribution in [3.05, 3.63) is 199 Å². The van der Waals surface area contributed by atoms with E-state index in [0.717, 1.165) is 50.1 Å². The van der Waals surface area contributed by atoms with Crippen LogP contribution in [0.3, 0.4) is 0 Å². The smallest absolute Gasteiger partial charge is 0.143 e. The van der Waals surface area contributed by atoms with Crippen LogP contribution in [-0.4, -0.2) is 0 Å². The highest BCUT2D eigenvalue weighted by molar-refractivity contribution is 6.09. The molecule has 1 aliphatic rings. The molecule has 1 heterocycles. The van der Waals surface area contributed by atoms with Gasteiger partial charge in [0.15, 0.2) is 0 Å². The van der Waals surface area contributed by atoms with Crippen molar-refractivity contribution in [1.82, 2.24) is 0 Å². The molecule has 0 saturated carbocycles. The molecule has 2 nitrogen and oxygen atoms in total. The van der Waals surface area contributed by atoms with Gasteiger partial charge in [0.25, 0.3) is 0 Å². The maximum absolute atomic E-state index is 6.42. The summed E-state index contributed by atoms with van der Waals surface area (Å²) in [6.45, 7) is 4.73. The van der Waals surface area contributed by atoms with E-state index >= 15 is 0 Å². The minimum atomic E-state index is -0.163. The maximum Gasteiger partial charge on any atom is 0.143 e. The summed E-state index contributed by atoms with van der Waals surface area (Å²) >= 11 is 0. The van der Waals surface area contributed by atoms with Gasteiger partial charge in [-0.25, -0.2) is 0 Å². The molecule has 0 bridgehead atoms. The Morgan fingerprint density at radius 3 is 1.68 bits per heavy atom. The average molecular weight is 680 g/mol. The molecule has 10 rings (SSSR count). The van der Waals surface area contributed by atoms with Crippen LogP contribution in [0.1, 0.15) is 25.0 Å². The molecule has 1 aromatic heterocycles. The van der Waals surface area contributed by atoms with Gasteiger partial charge >= 0.3 is 0 Å². The second-order valence-corrected chi connectivity index (χ2v) is 14.5. The normalized spacial score (nSPS) is 12.9. The third kappa shape index (κ3) is 5.10. The van der Waals surface area contributed by atoms with E-state index in [9.17, 15) is 0 Å². The van der Waals surface area contributed by atoms with Crippen LogP contribution in [0.2, 0.25) is 0 Å². The molecule has 252 valence electrons. The van der Waals surface area contributed by atoms with E-state index in [4.69, 9.17) is 4.42 Å². The Morgan fingerprint density at radius 1 is 0.396 bits per heavy atom. The number of hydrogen-bond acceptors (Lipinski definition) is 2. The van der Waals surface area contributed by atoms with Gasteiger partial charge in [-0.05, 0) is 92.5 Å². The van der Waals surface area contributed by atoms with Gasteiger partial charge in [0.2, 0.25) is 0 Å². The van der Waals surface area contributed by atoms with E-state index in [-0.39, 0.29) is 5.41 Å². The number of nitrogens with zero attached hydrogens (tertiary/aromatic N) is 1. The highest BCUT2D eigenvalue weighted by Crippen LogP contribution is 2.53. The van der Waals surface area contributed by atoms with Crippen LogP contribution in [0.25, 0.3) is 66.4 Å². The lowest BCUT2D eigenvalue weighted by molar-refractivity contribution is 0.660. The zero-order chi connectivity index (χ0) is 35.5. The van der Waals surface area contributed by atoms with Gasteiger partial charge in [0, 0.05) is 38.8 Å². The fraction of sp³-hybridized carbons (Fsp3) is 0.0588. The maximum atomic E-state index is 6.42. The first-order valence-electron chi connectivity index (χ1n) is 18.3. The van der Waals surface area contributed by atoms with Crippen molar-refractivity contribution in [2.24, 2.45) is 0 Å². The predicted molar refractivity (Wildman–Crippen MR) is 222 cm³/mol. The minimum Gasteiger partial charge on any atom is -0.455 e. The molecular formula is C51H37NO. The molecule has 0 amide bonds. The molecule has 53 heavy (non-hydrogen) atoms. The van der Waals surface area contributed by atoms with Crippen molar-refractivity contribution in [1.29, 1.82) is 0 Å². The molecule has 8 aromatic carbocycles. The number of benzene rings is 8. The largest absolute Gasteiger partial charge is 0.455 e. The lowest BCUT2D eigenvalue weighted by atomic mass is 9.81. The Morgan fingerprint density at radius 2 is 0.943 bits per heavy atom. The Kier molecular flexibility index (Phi) is 7.19. The van der Waals surface area contributed by atoms with Gasteiger partial charge in [-0.3, -0.25) is 0 Å². The molecule has 0 radical (unpaired) electrons. The third-order valence-electron chi connectivity index (χ3n) is 11.1. The standard InChI is InChI=1S/C51H37NO/c1-51(2)46-21-12-18-41(36-15-7-4-8-16-36)49(46)45-32-31-40(33-47(45)51)52(38-27-23-35(24-28-38)34-13-5-3-6-14-34)39-29-25-37(26-30-39)42-19-11-20-44-43-17-9-10-22-48(43)53-50(42)44/h3-33H,1-2H3. The van der Waals surface area contributed by atoms with Crippen LogP contribution < -0.4 is 4.90 Å². The third-order valence-corrected chi connectivity index (χ3v) is 11.1. The van der Waals surface area contributed by atoms with E-state index in [1.807, 2.05) is 12.1 Å². The van der Waals surface area contributed by atoms with E-state index in [1.54, 1.807) is 0 Å². The summed E-state index contributed by atoms with van der Waals surface area (Å²) in [5, 5.41) is 2.28. The fourth-order valence-electron chi connectivity index (χ4n) is 8.42. The van der Waals surface area contributed by atoms with E-state index in [1.165, 1.54) is 44.5 Å². The molecule has 0 fully saturated rings. The molecule has 0 saturated heterocycles. The first-order chi connectivity index (χ1) is 26.0. The Bertz CT molecular complexity index is 2780. The summed E-state index contributed by atoms with van der Waals surface area (Å²) in [6.07, 6.45) is 0. The van der Waals surface area contributed by atoms with E-state index < -0.39 is 0 Å². The topological polar surface area (TPSA) is 16.4 Å². The van der Waals surface area contributed by atoms with Crippen molar-refractivity contribution in [3.8, 4) is 44.5 Å². The first kappa shape index (κ1) is 31.1. The summed E-state index contributed by atoms with van der Waals surface area (Å²) in [4.78, 5) is 2.39. The van der Waals surface area contributed by atoms with Crippen LogP contribution in [0.15, 0.2) is 192 Å². The molecule has 0 spiro atoms. The number of rotatable bonds is 6. The van der Waals surface area contributed by atoms with Crippen molar-refractivity contribution in [2.75, 3.05) is 4.90 Å². The van der Waals surface area contributed by atoms with Crippen molar-refractivity contribution >= 4 is 39.0 Å². The first-order valence-corrected chi connectivity index (χ1v) is 18.3. The molecular weight excluding hydrogens is 643 g/mol. The van der Waals surface area contributed by atoms with Crippen LogP contribution in [0.4, 0.5) is 17.1 Å². The monoisotopic (exact) mass is 679 g/mol. The highest BCUT2D eigenvalue weighted by Gasteiger charge is 2.37. The second-order valence-electron chi connectivity index (χ2n) is 14.5. The Labute approximate surface area is 310 Å². The van der Waals surface area contributed by atoms with E-state index in [0.29, 0.717) is 0 Å². The summed E-state index contributed by atoms with van der Waals surface area (Å²) in [6, 6.07) is 67.8. The molecule has 0 atom stereocenters. The summed E-state index contributed by atoms with van der Waals surface area (Å²) in [7, 11) is 0. The highest BCUT2D eigenvalue weighted by atomic mass is 16.3. The van der Waals surface area contributed by atoms with Crippen LogP contribution in [0, 0.1) is 0 Å². The van der Waals surface area contributed by atoms with Crippen LogP contribution >= 0.6 is 0 Å². The predicted octanol–water partition coefficient (Wildman–Crippen LogP) is 14.4. The molecule has 2 heteroatoms. The van der Waals surface area contributed by atoms with Gasteiger partial charge in [-0.2, -0.15) is 0 Å². The molecule has 9 aromatic rings. The summed E-state index contributed by atoms with van der Waals surface area (Å²) in [5.41, 5.74) is 17.5. The second kappa shape index (κ2) is 12.3. The molecule has 0 unspecified atom stereocenters. The van der Waals surface area contributed by atoms with Gasteiger partial charge < -0.3 is 9.32 Å². The average Bonchev–Trinajstić information content (AvgIpc) is 3.71. The fourth-order valence-corrected chi connectivity index (χ4v) is 8.42. The zero-order valence-electron chi connectivity index (χ0n) is 29.8. The van der Waals surface area contributed by atoms with Crippen molar-refractivity contribution in [2.45, 2.75) is 19.3 Å². The van der Waals surface area contributed by atoms with Gasteiger partial charge in [0.05, 0.1) is 0 Å². The van der Waals surface area contributed by atoms with Crippen LogP contribution in [-0.2, 0) is 5.41 Å². The number of fused-ring (bicyclic) bond motifs is 6. The zero-order valence-corrected chi connectivity index (χ0v) is 29.8. The minimum absolute atomic E-state index is 0.163. The number of furan rings is 1. The van der Waals surface area contributed by atoms with Crippen molar-refractivity contribution in [3.63, 3.8) is 0 Å². The quantitative estimate of drug-likeness (QED) is 0.174. The summed E-state index contributed by atoms with van der Waals surface area (Å²) < 4.78 is 6.42. The summed E-state index contributed by atoms with van der Waals surface area (Å²) in [5.74, 6) is 0. The van der Waals surface area contributed by atoms with Gasteiger partial charge in [0.1, 0.15) is 11.2 Å².